The van der Waals surface area contributed by atoms with Crippen LogP contribution in [0.25, 0.3) is 0 Å². The molecule has 0 fully saturated rings. The van der Waals surface area contributed by atoms with Crippen molar-refractivity contribution in [2.24, 2.45) is 0 Å². The summed E-state index contributed by atoms with van der Waals surface area (Å²) >= 11 is 0. The largest absolute Gasteiger partial charge is 0.315 e. The third kappa shape index (κ3) is 2.04. The molecule has 0 aliphatic carbocycles. The first kappa shape index (κ1) is 11.0. The molecule has 0 atom stereocenters. The lowest BCUT2D eigenvalue weighted by Gasteiger charge is -2.01. The Labute approximate surface area is 83.7 Å². The van der Waals surface area contributed by atoms with E-state index >= 15 is 0 Å². The van der Waals surface area contributed by atoms with Crippen LogP contribution in [0.4, 0.5) is 10.1 Å². The number of Topliss-reactive ketones (excluding diaryl/α,β-unsaturated/α-hetero) is 1. The molecule has 5 nitrogen and oxygen atoms in total. The van der Waals surface area contributed by atoms with E-state index in [0.29, 0.717) is 6.29 Å². The van der Waals surface area contributed by atoms with E-state index < -0.39 is 27.8 Å². The molecule has 0 spiro atoms. The van der Waals surface area contributed by atoms with Gasteiger partial charge in [0.25, 0.3) is 0 Å². The normalized spacial score (nSPS) is 9.73. The highest BCUT2D eigenvalue weighted by molar-refractivity contribution is 5.99. The standard InChI is InChI=1S/C9H6FNO4/c1-5(13)7-2-6(4-12)3-8(10)9(7)11(14)15/h2-4H,1H3. The van der Waals surface area contributed by atoms with Gasteiger partial charge in [0.2, 0.25) is 5.82 Å². The van der Waals surface area contributed by atoms with Crippen LogP contribution < -0.4 is 0 Å². The number of carbonyl (C=O) groups excluding carboxylic acids is 2. The summed E-state index contributed by atoms with van der Waals surface area (Å²) in [5, 5.41) is 10.5. The number of nitrogens with zero attached hydrogens (tertiary/aromatic N) is 1. The molecule has 6 heteroatoms. The molecule has 0 saturated heterocycles. The van der Waals surface area contributed by atoms with Crippen molar-refractivity contribution in [1.29, 1.82) is 0 Å². The number of halogens is 1. The minimum atomic E-state index is -1.19. The molecule has 0 amide bonds. The Morgan fingerprint density at radius 3 is 2.53 bits per heavy atom. The average molecular weight is 211 g/mol. The van der Waals surface area contributed by atoms with Crippen LogP contribution in [-0.2, 0) is 0 Å². The zero-order chi connectivity index (χ0) is 11.6. The SMILES string of the molecule is CC(=O)c1cc(C=O)cc(F)c1[N+](=O)[O-]. The first-order valence-corrected chi connectivity index (χ1v) is 3.91. The summed E-state index contributed by atoms with van der Waals surface area (Å²) in [6.45, 7) is 1.07. The van der Waals surface area contributed by atoms with E-state index in [2.05, 4.69) is 0 Å². The highest BCUT2D eigenvalue weighted by Crippen LogP contribution is 2.24. The van der Waals surface area contributed by atoms with Crippen LogP contribution in [0, 0.1) is 15.9 Å². The number of hydrogen-bond acceptors (Lipinski definition) is 4. The second kappa shape index (κ2) is 3.95. The minimum absolute atomic E-state index is 0.108. The van der Waals surface area contributed by atoms with Crippen LogP contribution in [-0.4, -0.2) is 17.0 Å². The fraction of sp³-hybridized carbons (Fsp3) is 0.111. The van der Waals surface area contributed by atoms with Crippen LogP contribution in [0.3, 0.4) is 0 Å². The molecule has 0 unspecified atom stereocenters. The van der Waals surface area contributed by atoms with Crippen molar-refractivity contribution >= 4 is 17.8 Å². The van der Waals surface area contributed by atoms with Gasteiger partial charge in [0.05, 0.1) is 10.5 Å². The first-order valence-electron chi connectivity index (χ1n) is 3.91. The summed E-state index contributed by atoms with van der Waals surface area (Å²) in [5.41, 5.74) is -1.40. The molecule has 0 aliphatic heterocycles. The van der Waals surface area contributed by atoms with Crippen molar-refractivity contribution in [3.05, 3.63) is 39.2 Å². The molecule has 1 aromatic carbocycles. The van der Waals surface area contributed by atoms with Gasteiger partial charge in [0.15, 0.2) is 5.78 Å². The van der Waals surface area contributed by atoms with Crippen molar-refractivity contribution in [2.75, 3.05) is 0 Å². The van der Waals surface area contributed by atoms with Crippen LogP contribution in [0.1, 0.15) is 27.6 Å². The number of ketones is 1. The number of nitro benzene ring substituents is 1. The monoisotopic (exact) mass is 211 g/mol. The Kier molecular flexibility index (Phi) is 2.89. The lowest BCUT2D eigenvalue weighted by atomic mass is 10.1. The molecular formula is C9H6FNO4. The van der Waals surface area contributed by atoms with E-state index in [1.54, 1.807) is 0 Å². The number of aldehydes is 1. The van der Waals surface area contributed by atoms with Crippen molar-refractivity contribution in [3.8, 4) is 0 Å². The van der Waals surface area contributed by atoms with Gasteiger partial charge in [-0.15, -0.1) is 0 Å². The van der Waals surface area contributed by atoms with E-state index in [-0.39, 0.29) is 5.56 Å². The van der Waals surface area contributed by atoms with E-state index in [9.17, 15) is 24.1 Å². The summed E-state index contributed by atoms with van der Waals surface area (Å²) < 4.78 is 13.2. The van der Waals surface area contributed by atoms with Gasteiger partial charge < -0.3 is 0 Å². The number of rotatable bonds is 3. The Morgan fingerprint density at radius 1 is 1.53 bits per heavy atom. The molecule has 15 heavy (non-hydrogen) atoms. The fourth-order valence-corrected chi connectivity index (χ4v) is 1.14. The maximum atomic E-state index is 13.2. The number of nitro groups is 1. The van der Waals surface area contributed by atoms with Gasteiger partial charge in [-0.3, -0.25) is 19.7 Å². The number of benzene rings is 1. The molecule has 0 bridgehead atoms. The molecule has 0 saturated carbocycles. The second-order valence-electron chi connectivity index (χ2n) is 2.83. The van der Waals surface area contributed by atoms with Crippen LogP contribution in [0.15, 0.2) is 12.1 Å². The van der Waals surface area contributed by atoms with Gasteiger partial charge in [-0.25, -0.2) is 0 Å². The van der Waals surface area contributed by atoms with Crippen molar-refractivity contribution in [3.63, 3.8) is 0 Å². The first-order chi connectivity index (χ1) is 6.97. The molecule has 0 radical (unpaired) electrons. The van der Waals surface area contributed by atoms with Crippen LogP contribution in [0.2, 0.25) is 0 Å². The van der Waals surface area contributed by atoms with E-state index in [1.165, 1.54) is 0 Å². The van der Waals surface area contributed by atoms with Gasteiger partial charge in [0, 0.05) is 5.56 Å². The predicted molar refractivity (Wildman–Crippen MR) is 48.4 cm³/mol. The quantitative estimate of drug-likeness (QED) is 0.330. The molecule has 0 N–H and O–H groups in total. The molecule has 0 heterocycles. The number of carbonyl (C=O) groups is 2. The zero-order valence-corrected chi connectivity index (χ0v) is 7.69. The summed E-state index contributed by atoms with van der Waals surface area (Å²) in [5.74, 6) is -1.85. The van der Waals surface area contributed by atoms with Crippen molar-refractivity contribution in [1.82, 2.24) is 0 Å². The molecule has 0 aliphatic rings. The van der Waals surface area contributed by atoms with Crippen LogP contribution >= 0.6 is 0 Å². The van der Waals surface area contributed by atoms with E-state index in [4.69, 9.17) is 0 Å². The smallest absolute Gasteiger partial charge is 0.298 e. The summed E-state index contributed by atoms with van der Waals surface area (Å²) in [6.07, 6.45) is 0.319. The van der Waals surface area contributed by atoms with Gasteiger partial charge in [-0.05, 0) is 19.1 Å². The molecule has 78 valence electrons. The third-order valence-corrected chi connectivity index (χ3v) is 1.78. The molecule has 0 aromatic heterocycles. The predicted octanol–water partition coefficient (Wildman–Crippen LogP) is 1.75. The van der Waals surface area contributed by atoms with Crippen LogP contribution in [0.5, 0.6) is 0 Å². The lowest BCUT2D eigenvalue weighted by Crippen LogP contribution is -2.04. The number of hydrogen-bond donors (Lipinski definition) is 0. The highest BCUT2D eigenvalue weighted by Gasteiger charge is 2.23. The van der Waals surface area contributed by atoms with Crippen molar-refractivity contribution in [2.45, 2.75) is 6.92 Å². The maximum absolute atomic E-state index is 13.2. The fourth-order valence-electron chi connectivity index (χ4n) is 1.14. The third-order valence-electron chi connectivity index (χ3n) is 1.78. The second-order valence-corrected chi connectivity index (χ2v) is 2.83. The Bertz CT molecular complexity index is 456. The topological polar surface area (TPSA) is 77.3 Å². The van der Waals surface area contributed by atoms with Crippen molar-refractivity contribution < 1.29 is 18.9 Å². The molecule has 1 aromatic rings. The highest BCUT2D eigenvalue weighted by atomic mass is 19.1. The lowest BCUT2D eigenvalue weighted by molar-refractivity contribution is -0.387. The summed E-state index contributed by atoms with van der Waals surface area (Å²) in [6, 6.07) is 1.72. The van der Waals surface area contributed by atoms with Gasteiger partial charge in [0.1, 0.15) is 6.29 Å². The van der Waals surface area contributed by atoms with Gasteiger partial charge in [-0.2, -0.15) is 4.39 Å². The van der Waals surface area contributed by atoms with Gasteiger partial charge in [-0.1, -0.05) is 0 Å². The zero-order valence-electron chi connectivity index (χ0n) is 7.69. The minimum Gasteiger partial charge on any atom is -0.298 e. The van der Waals surface area contributed by atoms with E-state index in [1.807, 2.05) is 0 Å². The average Bonchev–Trinajstić information content (AvgIpc) is 2.15. The summed E-state index contributed by atoms with van der Waals surface area (Å²) in [4.78, 5) is 30.9. The van der Waals surface area contributed by atoms with E-state index in [0.717, 1.165) is 19.1 Å². The molecule has 1 rings (SSSR count). The van der Waals surface area contributed by atoms with Gasteiger partial charge >= 0.3 is 5.69 Å². The summed E-state index contributed by atoms with van der Waals surface area (Å²) in [7, 11) is 0. The molecular weight excluding hydrogens is 205 g/mol. The Hall–Kier alpha value is -2.11. The Morgan fingerprint density at radius 2 is 2.13 bits per heavy atom. The Balaban J connectivity index is 3.56. The maximum Gasteiger partial charge on any atom is 0.315 e.